The third-order valence-electron chi connectivity index (χ3n) is 6.05. The molecule has 4 rings (SSSR count). The van der Waals surface area contributed by atoms with Crippen LogP contribution in [0.5, 0.6) is 0 Å². The van der Waals surface area contributed by atoms with Crippen LogP contribution in [0.2, 0.25) is 0 Å². The highest BCUT2D eigenvalue weighted by atomic mass is 32.2. The van der Waals surface area contributed by atoms with Gasteiger partial charge < -0.3 is 14.7 Å². The number of nitrogens with zero attached hydrogens (tertiary/aromatic N) is 1. The molecule has 2 aliphatic heterocycles. The molecule has 6 nitrogen and oxygen atoms in total. The molecule has 2 atom stereocenters. The number of aliphatic hydroxyl groups is 1. The summed E-state index contributed by atoms with van der Waals surface area (Å²) in [5.74, 6) is -0.944. The summed E-state index contributed by atoms with van der Waals surface area (Å²) in [6.45, 7) is 2.19. The van der Waals surface area contributed by atoms with E-state index in [4.69, 9.17) is 4.74 Å². The van der Waals surface area contributed by atoms with Crippen molar-refractivity contribution in [3.63, 3.8) is 0 Å². The highest BCUT2D eigenvalue weighted by molar-refractivity contribution is 7.91. The molecule has 2 unspecified atom stereocenters. The first-order valence-electron chi connectivity index (χ1n) is 9.89. The van der Waals surface area contributed by atoms with Crippen molar-refractivity contribution in [1.82, 2.24) is 0 Å². The quantitative estimate of drug-likeness (QED) is 0.805. The molecule has 2 aliphatic rings. The van der Waals surface area contributed by atoms with Crippen LogP contribution in [0.25, 0.3) is 0 Å². The number of halogens is 1. The molecule has 1 amide bonds. The van der Waals surface area contributed by atoms with Crippen LogP contribution in [0.1, 0.15) is 37.3 Å². The predicted octanol–water partition coefficient (Wildman–Crippen LogP) is 2.95. The SMILES string of the molecule is CN1C(=O)CCc2c1ccc(S(=O)(=O)c1cccc(C3(C)CC(O)CCO3)c1)c2F. The van der Waals surface area contributed by atoms with Gasteiger partial charge in [0.2, 0.25) is 15.7 Å². The topological polar surface area (TPSA) is 83.9 Å². The van der Waals surface area contributed by atoms with Crippen LogP contribution >= 0.6 is 0 Å². The minimum Gasteiger partial charge on any atom is -0.393 e. The number of amides is 1. The molecule has 0 aliphatic carbocycles. The summed E-state index contributed by atoms with van der Waals surface area (Å²) in [5.41, 5.74) is 0.431. The molecular formula is C22H24FNO5S. The molecule has 1 saturated heterocycles. The number of carbonyl (C=O) groups excluding carboxylic acids is 1. The number of aliphatic hydroxyl groups excluding tert-OH is 1. The van der Waals surface area contributed by atoms with E-state index in [0.29, 0.717) is 30.7 Å². The van der Waals surface area contributed by atoms with E-state index in [0.717, 1.165) is 0 Å². The Labute approximate surface area is 175 Å². The maximum atomic E-state index is 15.2. The number of carbonyl (C=O) groups is 1. The Morgan fingerprint density at radius 1 is 1.23 bits per heavy atom. The minimum absolute atomic E-state index is 0.0380. The lowest BCUT2D eigenvalue weighted by Gasteiger charge is -2.37. The van der Waals surface area contributed by atoms with E-state index < -0.39 is 32.3 Å². The first-order chi connectivity index (χ1) is 14.1. The second-order valence-corrected chi connectivity index (χ2v) is 10.0. The van der Waals surface area contributed by atoms with Crippen molar-refractivity contribution in [2.24, 2.45) is 0 Å². The molecule has 2 heterocycles. The Balaban J connectivity index is 1.76. The van der Waals surface area contributed by atoms with Crippen LogP contribution < -0.4 is 4.90 Å². The van der Waals surface area contributed by atoms with E-state index in [1.54, 1.807) is 19.2 Å². The van der Waals surface area contributed by atoms with Crippen LogP contribution in [0, 0.1) is 5.82 Å². The van der Waals surface area contributed by atoms with Crippen molar-refractivity contribution < 1.29 is 27.4 Å². The number of hydrogen-bond donors (Lipinski definition) is 1. The summed E-state index contributed by atoms with van der Waals surface area (Å²) >= 11 is 0. The number of hydrogen-bond acceptors (Lipinski definition) is 5. The summed E-state index contributed by atoms with van der Waals surface area (Å²) in [6, 6.07) is 8.96. The lowest BCUT2D eigenvalue weighted by molar-refractivity contribution is -0.118. The Bertz CT molecular complexity index is 1120. The smallest absolute Gasteiger partial charge is 0.227 e. The van der Waals surface area contributed by atoms with Crippen LogP contribution in [0.4, 0.5) is 10.1 Å². The van der Waals surface area contributed by atoms with Gasteiger partial charge in [-0.2, -0.15) is 0 Å². The number of ether oxygens (including phenoxy) is 1. The molecule has 0 saturated carbocycles. The van der Waals surface area contributed by atoms with Gasteiger partial charge in [-0.05, 0) is 49.6 Å². The molecule has 30 heavy (non-hydrogen) atoms. The number of sulfone groups is 1. The van der Waals surface area contributed by atoms with Crippen LogP contribution in [-0.4, -0.2) is 39.2 Å². The zero-order chi connectivity index (χ0) is 21.7. The first-order valence-corrected chi connectivity index (χ1v) is 11.4. The molecule has 160 valence electrons. The standard InChI is InChI=1S/C22H24FNO5S/c1-22(13-15(25)10-11-29-22)14-4-3-5-16(12-14)30(27,28)19-8-7-18-17(21(19)23)6-9-20(26)24(18)2/h3-5,7-8,12,15,25H,6,9-11,13H2,1-2H3. The summed E-state index contributed by atoms with van der Waals surface area (Å²) in [4.78, 5) is 12.8. The number of rotatable bonds is 3. The molecule has 1 N–H and O–H groups in total. The molecule has 1 fully saturated rings. The van der Waals surface area contributed by atoms with Gasteiger partial charge >= 0.3 is 0 Å². The van der Waals surface area contributed by atoms with Crippen molar-refractivity contribution in [3.8, 4) is 0 Å². The van der Waals surface area contributed by atoms with E-state index in [1.807, 2.05) is 6.92 Å². The van der Waals surface area contributed by atoms with Crippen molar-refractivity contribution >= 4 is 21.4 Å². The highest BCUT2D eigenvalue weighted by Gasteiger charge is 2.36. The van der Waals surface area contributed by atoms with Gasteiger partial charge in [-0.3, -0.25) is 4.79 Å². The van der Waals surface area contributed by atoms with Crippen LogP contribution in [-0.2, 0) is 31.4 Å². The van der Waals surface area contributed by atoms with Crippen molar-refractivity contribution in [2.75, 3.05) is 18.6 Å². The maximum Gasteiger partial charge on any atom is 0.227 e. The minimum atomic E-state index is -4.13. The molecule has 8 heteroatoms. The first kappa shape index (κ1) is 21.0. The van der Waals surface area contributed by atoms with Crippen molar-refractivity contribution in [1.29, 1.82) is 0 Å². The predicted molar refractivity (Wildman–Crippen MR) is 109 cm³/mol. The van der Waals surface area contributed by atoms with Gasteiger partial charge in [0, 0.05) is 31.1 Å². The lowest BCUT2D eigenvalue weighted by Crippen LogP contribution is -2.37. The largest absolute Gasteiger partial charge is 0.393 e. The monoisotopic (exact) mass is 433 g/mol. The zero-order valence-corrected chi connectivity index (χ0v) is 17.7. The fraction of sp³-hybridized carbons (Fsp3) is 0.409. The van der Waals surface area contributed by atoms with Gasteiger partial charge in [0.05, 0.1) is 23.2 Å². The Hall–Kier alpha value is -2.29. The average molecular weight is 434 g/mol. The molecule has 2 aromatic rings. The number of benzene rings is 2. The van der Waals surface area contributed by atoms with Crippen molar-refractivity contribution in [3.05, 3.63) is 53.3 Å². The van der Waals surface area contributed by atoms with Gasteiger partial charge in [0.1, 0.15) is 10.7 Å². The maximum absolute atomic E-state index is 15.2. The number of anilines is 1. The van der Waals surface area contributed by atoms with Gasteiger partial charge in [-0.25, -0.2) is 12.8 Å². The lowest BCUT2D eigenvalue weighted by atomic mass is 9.87. The van der Waals surface area contributed by atoms with E-state index in [-0.39, 0.29) is 29.2 Å². The van der Waals surface area contributed by atoms with E-state index in [2.05, 4.69) is 0 Å². The zero-order valence-electron chi connectivity index (χ0n) is 16.9. The summed E-state index contributed by atoms with van der Waals surface area (Å²) in [5, 5.41) is 10.0. The van der Waals surface area contributed by atoms with Gasteiger partial charge in [0.25, 0.3) is 0 Å². The van der Waals surface area contributed by atoms with Crippen LogP contribution in [0.3, 0.4) is 0 Å². The fourth-order valence-electron chi connectivity index (χ4n) is 4.23. The number of fused-ring (bicyclic) bond motifs is 1. The van der Waals surface area contributed by atoms with Gasteiger partial charge in [-0.1, -0.05) is 12.1 Å². The molecular weight excluding hydrogens is 409 g/mol. The van der Waals surface area contributed by atoms with Crippen molar-refractivity contribution in [2.45, 2.75) is 54.1 Å². The molecule has 2 aromatic carbocycles. The van der Waals surface area contributed by atoms with Gasteiger partial charge in [-0.15, -0.1) is 0 Å². The Kier molecular flexibility index (Phi) is 5.20. The summed E-state index contributed by atoms with van der Waals surface area (Å²) in [7, 11) is -2.58. The Morgan fingerprint density at radius 3 is 2.73 bits per heavy atom. The van der Waals surface area contributed by atoms with Crippen LogP contribution in [0.15, 0.2) is 46.2 Å². The van der Waals surface area contributed by atoms with E-state index in [1.165, 1.54) is 29.2 Å². The highest BCUT2D eigenvalue weighted by Crippen LogP contribution is 2.38. The Morgan fingerprint density at radius 2 is 2.00 bits per heavy atom. The molecule has 0 radical (unpaired) electrons. The molecule has 0 spiro atoms. The van der Waals surface area contributed by atoms with E-state index in [9.17, 15) is 18.3 Å². The summed E-state index contributed by atoms with van der Waals surface area (Å²) < 4.78 is 47.7. The normalized spacial score (nSPS) is 24.6. The second kappa shape index (κ2) is 7.44. The van der Waals surface area contributed by atoms with Gasteiger partial charge in [0.15, 0.2) is 0 Å². The third kappa shape index (κ3) is 3.42. The summed E-state index contributed by atoms with van der Waals surface area (Å²) in [6.07, 6.45) is 0.658. The van der Waals surface area contributed by atoms with E-state index >= 15 is 4.39 Å². The third-order valence-corrected chi connectivity index (χ3v) is 7.82. The molecule has 0 aromatic heterocycles. The molecule has 0 bridgehead atoms. The average Bonchev–Trinajstić information content (AvgIpc) is 2.71. The second-order valence-electron chi connectivity index (χ2n) is 8.09. The fourth-order valence-corrected chi connectivity index (χ4v) is 5.63.